The lowest BCUT2D eigenvalue weighted by Gasteiger charge is -2.29. The molecule has 0 radical (unpaired) electrons. The Kier molecular flexibility index (Phi) is 6.52. The van der Waals surface area contributed by atoms with E-state index >= 15 is 0 Å². The second-order valence-electron chi connectivity index (χ2n) is 4.75. The lowest BCUT2D eigenvalue weighted by Crippen LogP contribution is -2.39. The number of aromatic nitrogens is 2. The Morgan fingerprint density at radius 1 is 1.33 bits per heavy atom. The average Bonchev–Trinajstić information content (AvgIpc) is 2.72. The summed E-state index contributed by atoms with van der Waals surface area (Å²) in [5.74, 6) is 0. The van der Waals surface area contributed by atoms with Gasteiger partial charge >= 0.3 is 0 Å². The van der Waals surface area contributed by atoms with Crippen LogP contribution in [-0.2, 0) is 6.54 Å². The highest BCUT2D eigenvalue weighted by Crippen LogP contribution is 2.19. The van der Waals surface area contributed by atoms with Gasteiger partial charge in [0.25, 0.3) is 0 Å². The van der Waals surface area contributed by atoms with Crippen LogP contribution in [0.25, 0.3) is 0 Å². The second kappa shape index (κ2) is 7.66. The van der Waals surface area contributed by atoms with Gasteiger partial charge < -0.3 is 10.2 Å². The Hall–Kier alpha value is -0.720. The van der Waals surface area contributed by atoms with Crippen LogP contribution in [0, 0.1) is 0 Å². The maximum absolute atomic E-state index is 4.23. The van der Waals surface area contributed by atoms with Crippen molar-refractivity contribution in [2.45, 2.75) is 33.4 Å². The van der Waals surface area contributed by atoms with Crippen molar-refractivity contribution in [3.63, 3.8) is 0 Å². The summed E-state index contributed by atoms with van der Waals surface area (Å²) in [5, 5.41) is 8.66. The van der Waals surface area contributed by atoms with E-state index in [1.165, 1.54) is 11.5 Å². The molecule has 0 bridgehead atoms. The number of hydrogen-bond donors (Lipinski definition) is 1. The van der Waals surface area contributed by atoms with Gasteiger partial charge in [0, 0.05) is 37.2 Å². The predicted molar refractivity (Wildman–Crippen MR) is 78.2 cm³/mol. The monoisotopic (exact) mass is 271 g/mol. The summed E-state index contributed by atoms with van der Waals surface area (Å²) >= 11 is 1.44. The summed E-state index contributed by atoms with van der Waals surface area (Å²) in [6.07, 6.45) is 0. The Balaban J connectivity index is 2.64. The maximum Gasteiger partial charge on any atom is 0.134 e. The third-order valence-electron chi connectivity index (χ3n) is 2.90. The molecule has 1 atom stereocenters. The molecule has 1 heterocycles. The molecular formula is C12H25N5S. The van der Waals surface area contributed by atoms with Gasteiger partial charge in [-0.1, -0.05) is 11.4 Å². The lowest BCUT2D eigenvalue weighted by molar-refractivity contribution is 0.172. The third kappa shape index (κ3) is 4.51. The molecule has 5 nitrogen and oxygen atoms in total. The van der Waals surface area contributed by atoms with Crippen LogP contribution >= 0.6 is 11.5 Å². The van der Waals surface area contributed by atoms with Crippen LogP contribution in [0.5, 0.6) is 0 Å². The van der Waals surface area contributed by atoms with E-state index in [0.29, 0.717) is 6.04 Å². The second-order valence-corrected chi connectivity index (χ2v) is 5.51. The SMILES string of the molecule is CCNc1snnc1CN(CC)C(C)CN(C)C. The van der Waals surface area contributed by atoms with Crippen LogP contribution in [0.3, 0.4) is 0 Å². The van der Waals surface area contributed by atoms with Crippen LogP contribution in [0.4, 0.5) is 5.00 Å². The molecular weight excluding hydrogens is 246 g/mol. The van der Waals surface area contributed by atoms with Crippen LogP contribution in [0.2, 0.25) is 0 Å². The van der Waals surface area contributed by atoms with Gasteiger partial charge in [-0.25, -0.2) is 0 Å². The van der Waals surface area contributed by atoms with Crippen LogP contribution < -0.4 is 5.32 Å². The van der Waals surface area contributed by atoms with E-state index in [1.54, 1.807) is 0 Å². The highest BCUT2D eigenvalue weighted by Gasteiger charge is 2.17. The summed E-state index contributed by atoms with van der Waals surface area (Å²) in [6, 6.07) is 0.515. The van der Waals surface area contributed by atoms with E-state index < -0.39 is 0 Å². The van der Waals surface area contributed by atoms with Gasteiger partial charge in [-0.05, 0) is 34.5 Å². The minimum absolute atomic E-state index is 0.515. The fourth-order valence-electron chi connectivity index (χ4n) is 2.02. The molecule has 1 unspecified atom stereocenters. The van der Waals surface area contributed by atoms with Gasteiger partial charge in [-0.3, -0.25) is 4.90 Å². The molecule has 0 aliphatic carbocycles. The molecule has 0 aliphatic heterocycles. The molecule has 6 heteroatoms. The topological polar surface area (TPSA) is 44.3 Å². The van der Waals surface area contributed by atoms with Crippen LogP contribution in [-0.4, -0.2) is 59.2 Å². The minimum Gasteiger partial charge on any atom is -0.374 e. The van der Waals surface area contributed by atoms with E-state index in [4.69, 9.17) is 0 Å². The van der Waals surface area contributed by atoms with Crippen LogP contribution in [0.1, 0.15) is 26.5 Å². The Morgan fingerprint density at radius 2 is 2.06 bits per heavy atom. The molecule has 0 amide bonds. The van der Waals surface area contributed by atoms with Crippen molar-refractivity contribution in [3.8, 4) is 0 Å². The number of likely N-dealkylation sites (N-methyl/N-ethyl adjacent to an activating group) is 2. The van der Waals surface area contributed by atoms with E-state index in [1.807, 2.05) is 0 Å². The van der Waals surface area contributed by atoms with E-state index in [2.05, 4.69) is 59.6 Å². The smallest absolute Gasteiger partial charge is 0.134 e. The molecule has 0 aliphatic rings. The Morgan fingerprint density at radius 3 is 2.61 bits per heavy atom. The van der Waals surface area contributed by atoms with Crippen molar-refractivity contribution in [1.29, 1.82) is 0 Å². The zero-order chi connectivity index (χ0) is 13.5. The van der Waals surface area contributed by atoms with E-state index in [0.717, 1.165) is 36.9 Å². The highest BCUT2D eigenvalue weighted by atomic mass is 32.1. The molecule has 0 aromatic carbocycles. The molecule has 1 aromatic heterocycles. The van der Waals surface area contributed by atoms with E-state index in [9.17, 15) is 0 Å². The predicted octanol–water partition coefficient (Wildman–Crippen LogP) is 1.74. The molecule has 1 aromatic rings. The van der Waals surface area contributed by atoms with E-state index in [-0.39, 0.29) is 0 Å². The van der Waals surface area contributed by atoms with Gasteiger partial charge in [0.05, 0.1) is 0 Å². The van der Waals surface area contributed by atoms with Gasteiger partial charge in [0.15, 0.2) is 0 Å². The molecule has 1 rings (SSSR count). The first-order valence-corrected chi connectivity index (χ1v) is 7.29. The number of nitrogens with zero attached hydrogens (tertiary/aromatic N) is 4. The van der Waals surface area contributed by atoms with Crippen molar-refractivity contribution in [2.75, 3.05) is 39.0 Å². The van der Waals surface area contributed by atoms with Crippen molar-refractivity contribution in [3.05, 3.63) is 5.69 Å². The van der Waals surface area contributed by atoms with Crippen LogP contribution in [0.15, 0.2) is 0 Å². The third-order valence-corrected chi connectivity index (χ3v) is 3.63. The summed E-state index contributed by atoms with van der Waals surface area (Å²) in [6.45, 7) is 10.4. The summed E-state index contributed by atoms with van der Waals surface area (Å²) < 4.78 is 4.04. The Labute approximate surface area is 114 Å². The molecule has 0 saturated heterocycles. The van der Waals surface area contributed by atoms with Gasteiger partial charge in [-0.15, -0.1) is 5.10 Å². The zero-order valence-electron chi connectivity index (χ0n) is 12.1. The van der Waals surface area contributed by atoms with Crippen molar-refractivity contribution < 1.29 is 0 Å². The normalized spacial score (nSPS) is 13.3. The molecule has 104 valence electrons. The first kappa shape index (κ1) is 15.3. The highest BCUT2D eigenvalue weighted by molar-refractivity contribution is 7.10. The lowest BCUT2D eigenvalue weighted by atomic mass is 10.2. The number of anilines is 1. The number of rotatable bonds is 8. The minimum atomic E-state index is 0.515. The summed E-state index contributed by atoms with van der Waals surface area (Å²) in [4.78, 5) is 4.65. The zero-order valence-corrected chi connectivity index (χ0v) is 12.9. The average molecular weight is 271 g/mol. The van der Waals surface area contributed by atoms with Gasteiger partial charge in [0.2, 0.25) is 0 Å². The number of hydrogen-bond acceptors (Lipinski definition) is 6. The van der Waals surface area contributed by atoms with Gasteiger partial charge in [-0.2, -0.15) is 0 Å². The quantitative estimate of drug-likeness (QED) is 0.780. The molecule has 0 spiro atoms. The van der Waals surface area contributed by atoms with Crippen molar-refractivity contribution in [1.82, 2.24) is 19.4 Å². The summed E-state index contributed by atoms with van der Waals surface area (Å²) in [5.41, 5.74) is 1.06. The first-order chi connectivity index (χ1) is 8.58. The molecule has 0 saturated carbocycles. The fourth-order valence-corrected chi connectivity index (χ4v) is 2.66. The number of nitrogens with one attached hydrogen (secondary N) is 1. The molecule has 0 fully saturated rings. The standard InChI is InChI=1S/C12H25N5S/c1-6-13-12-11(14-15-18-12)9-17(7-2)10(3)8-16(4)5/h10,13H,6-9H2,1-5H3. The maximum atomic E-state index is 4.23. The van der Waals surface area contributed by atoms with Crippen molar-refractivity contribution in [2.24, 2.45) is 0 Å². The largest absolute Gasteiger partial charge is 0.374 e. The van der Waals surface area contributed by atoms with Crippen molar-refractivity contribution >= 4 is 16.5 Å². The summed E-state index contributed by atoms with van der Waals surface area (Å²) in [7, 11) is 4.22. The molecule has 1 N–H and O–H groups in total. The Bertz CT molecular complexity index is 339. The first-order valence-electron chi connectivity index (χ1n) is 6.52. The van der Waals surface area contributed by atoms with Gasteiger partial charge in [0.1, 0.15) is 10.7 Å². The molecule has 18 heavy (non-hydrogen) atoms. The fraction of sp³-hybridized carbons (Fsp3) is 0.833.